The molecule has 0 aliphatic rings. The topological polar surface area (TPSA) is 63.3 Å². The zero-order valence-electron chi connectivity index (χ0n) is 8.57. The average Bonchev–Trinajstić information content (AvgIpc) is 2.15. The van der Waals surface area contributed by atoms with Crippen LogP contribution < -0.4 is 5.73 Å². The van der Waals surface area contributed by atoms with E-state index in [1.807, 2.05) is 0 Å². The van der Waals surface area contributed by atoms with Crippen LogP contribution >= 0.6 is 24.0 Å². The van der Waals surface area contributed by atoms with Gasteiger partial charge in [-0.2, -0.15) is 0 Å². The normalized spacial score (nSPS) is 12.1. The maximum Gasteiger partial charge on any atom is 0.305 e. The van der Waals surface area contributed by atoms with Crippen molar-refractivity contribution in [3.05, 3.63) is 34.3 Å². The van der Waals surface area contributed by atoms with E-state index in [-0.39, 0.29) is 29.4 Å². The van der Waals surface area contributed by atoms with Crippen LogP contribution in [0.4, 0.5) is 8.78 Å². The second-order valence-corrected chi connectivity index (χ2v) is 3.76. The number of carboxylic acid groups (broad SMARTS) is 1. The van der Waals surface area contributed by atoms with Crippen LogP contribution in [0.15, 0.2) is 18.2 Å². The monoisotopic (exact) mass is 285 g/mol. The van der Waals surface area contributed by atoms with E-state index in [0.717, 1.165) is 6.07 Å². The minimum atomic E-state index is -2.66. The van der Waals surface area contributed by atoms with Crippen LogP contribution in [-0.4, -0.2) is 11.1 Å². The SMILES string of the molecule is Cl.N[C@@H](CC(=O)O)c1cc(Cl)cc(C(F)F)c1. The van der Waals surface area contributed by atoms with Gasteiger partial charge in [0.05, 0.1) is 6.42 Å². The summed E-state index contributed by atoms with van der Waals surface area (Å²) < 4.78 is 24.9. The first-order chi connectivity index (χ1) is 7.40. The predicted molar refractivity (Wildman–Crippen MR) is 62.8 cm³/mol. The van der Waals surface area contributed by atoms with Gasteiger partial charge in [-0.25, -0.2) is 8.78 Å². The summed E-state index contributed by atoms with van der Waals surface area (Å²) in [6.07, 6.45) is -2.99. The van der Waals surface area contributed by atoms with Gasteiger partial charge >= 0.3 is 5.97 Å². The fraction of sp³-hybridized carbons (Fsp3) is 0.300. The third-order valence-electron chi connectivity index (χ3n) is 2.02. The van der Waals surface area contributed by atoms with Crippen molar-refractivity contribution in [2.24, 2.45) is 5.73 Å². The lowest BCUT2D eigenvalue weighted by Gasteiger charge is -2.11. The van der Waals surface area contributed by atoms with E-state index in [0.29, 0.717) is 5.56 Å². The smallest absolute Gasteiger partial charge is 0.305 e. The largest absolute Gasteiger partial charge is 0.481 e. The summed E-state index contributed by atoms with van der Waals surface area (Å²) in [5.41, 5.74) is 5.59. The Hall–Kier alpha value is -0.910. The molecule has 17 heavy (non-hydrogen) atoms. The van der Waals surface area contributed by atoms with E-state index >= 15 is 0 Å². The number of alkyl halides is 2. The molecule has 1 atom stereocenters. The van der Waals surface area contributed by atoms with E-state index in [4.69, 9.17) is 22.4 Å². The Kier molecular flexibility index (Phi) is 6.37. The minimum absolute atomic E-state index is 0. The van der Waals surface area contributed by atoms with Gasteiger partial charge in [0.2, 0.25) is 0 Å². The molecular formula is C10H11Cl2F2NO2. The fourth-order valence-corrected chi connectivity index (χ4v) is 1.53. The van der Waals surface area contributed by atoms with Gasteiger partial charge in [0.15, 0.2) is 0 Å². The molecule has 3 nitrogen and oxygen atoms in total. The molecule has 3 N–H and O–H groups in total. The molecule has 0 unspecified atom stereocenters. The van der Waals surface area contributed by atoms with Gasteiger partial charge in [-0.05, 0) is 23.8 Å². The zero-order valence-corrected chi connectivity index (χ0v) is 10.1. The molecule has 1 rings (SSSR count). The summed E-state index contributed by atoms with van der Waals surface area (Å²) in [5, 5.41) is 8.65. The van der Waals surface area contributed by atoms with Gasteiger partial charge in [-0.15, -0.1) is 12.4 Å². The lowest BCUT2D eigenvalue weighted by Crippen LogP contribution is -2.15. The first-order valence-corrected chi connectivity index (χ1v) is 4.84. The Morgan fingerprint density at radius 2 is 1.88 bits per heavy atom. The second kappa shape index (κ2) is 6.74. The molecule has 0 saturated heterocycles. The average molecular weight is 286 g/mol. The fourth-order valence-electron chi connectivity index (χ4n) is 1.28. The summed E-state index contributed by atoms with van der Waals surface area (Å²) in [7, 11) is 0. The number of hydrogen-bond acceptors (Lipinski definition) is 2. The lowest BCUT2D eigenvalue weighted by molar-refractivity contribution is -0.137. The molecule has 1 aromatic carbocycles. The molecule has 0 saturated carbocycles. The first-order valence-electron chi connectivity index (χ1n) is 4.46. The van der Waals surface area contributed by atoms with Crippen LogP contribution in [0.2, 0.25) is 5.02 Å². The van der Waals surface area contributed by atoms with E-state index in [9.17, 15) is 13.6 Å². The highest BCUT2D eigenvalue weighted by molar-refractivity contribution is 6.30. The van der Waals surface area contributed by atoms with Gasteiger partial charge in [-0.1, -0.05) is 11.6 Å². The molecule has 0 bridgehead atoms. The van der Waals surface area contributed by atoms with Crippen molar-refractivity contribution in [1.29, 1.82) is 0 Å². The van der Waals surface area contributed by atoms with Gasteiger partial charge < -0.3 is 10.8 Å². The second-order valence-electron chi connectivity index (χ2n) is 3.32. The molecule has 0 aliphatic carbocycles. The number of nitrogens with two attached hydrogens (primary N) is 1. The molecule has 0 radical (unpaired) electrons. The molecule has 7 heteroatoms. The Morgan fingerprint density at radius 3 is 2.35 bits per heavy atom. The number of hydrogen-bond donors (Lipinski definition) is 2. The van der Waals surface area contributed by atoms with Crippen molar-refractivity contribution >= 4 is 30.0 Å². The van der Waals surface area contributed by atoms with Crippen LogP contribution in [0.1, 0.15) is 30.0 Å². The van der Waals surface area contributed by atoms with Crippen LogP contribution in [0.5, 0.6) is 0 Å². The predicted octanol–water partition coefficient (Wildman–Crippen LogP) is 3.17. The van der Waals surface area contributed by atoms with Crippen molar-refractivity contribution in [2.45, 2.75) is 18.9 Å². The van der Waals surface area contributed by atoms with E-state index in [1.165, 1.54) is 12.1 Å². The summed E-state index contributed by atoms with van der Waals surface area (Å²) in [6, 6.07) is 2.85. The van der Waals surface area contributed by atoms with Crippen LogP contribution in [0.3, 0.4) is 0 Å². The number of rotatable bonds is 4. The van der Waals surface area contributed by atoms with E-state index in [2.05, 4.69) is 0 Å². The first kappa shape index (κ1) is 16.1. The maximum absolute atomic E-state index is 12.4. The van der Waals surface area contributed by atoms with Crippen molar-refractivity contribution in [2.75, 3.05) is 0 Å². The van der Waals surface area contributed by atoms with Crippen molar-refractivity contribution in [3.8, 4) is 0 Å². The van der Waals surface area contributed by atoms with Crippen LogP contribution in [0.25, 0.3) is 0 Å². The third kappa shape index (κ3) is 4.85. The highest BCUT2D eigenvalue weighted by Crippen LogP contribution is 2.27. The number of carbonyl (C=O) groups is 1. The number of benzene rings is 1. The number of halogens is 4. The summed E-state index contributed by atoms with van der Waals surface area (Å²) in [4.78, 5) is 10.4. The van der Waals surface area contributed by atoms with Crippen LogP contribution in [0, 0.1) is 0 Å². The van der Waals surface area contributed by atoms with Gasteiger partial charge in [0.25, 0.3) is 6.43 Å². The van der Waals surface area contributed by atoms with E-state index < -0.39 is 18.4 Å². The molecule has 0 heterocycles. The molecule has 1 aromatic rings. The minimum Gasteiger partial charge on any atom is -0.481 e. The molecule has 0 aliphatic heterocycles. The molecule has 0 aromatic heterocycles. The summed E-state index contributed by atoms with van der Waals surface area (Å²) in [6.45, 7) is 0. The highest BCUT2D eigenvalue weighted by atomic mass is 35.5. The highest BCUT2D eigenvalue weighted by Gasteiger charge is 2.15. The zero-order chi connectivity index (χ0) is 12.3. The van der Waals surface area contributed by atoms with Crippen LogP contribution in [-0.2, 0) is 4.79 Å². The molecular weight excluding hydrogens is 275 g/mol. The number of carboxylic acids is 1. The maximum atomic E-state index is 12.4. The van der Waals surface area contributed by atoms with Crippen molar-refractivity contribution in [1.82, 2.24) is 0 Å². The Labute approximate surface area is 108 Å². The molecule has 96 valence electrons. The van der Waals surface area contributed by atoms with Crippen molar-refractivity contribution in [3.63, 3.8) is 0 Å². The third-order valence-corrected chi connectivity index (χ3v) is 2.24. The Balaban J connectivity index is 0.00000256. The standard InChI is InChI=1S/C10H10ClF2NO2.ClH/c11-7-2-5(8(14)4-9(15)16)1-6(3-7)10(12)13;/h1-3,8,10H,4,14H2,(H,15,16);1H/t8-;/m0./s1. The van der Waals surface area contributed by atoms with Gasteiger partial charge in [0, 0.05) is 16.6 Å². The van der Waals surface area contributed by atoms with E-state index in [1.54, 1.807) is 0 Å². The summed E-state index contributed by atoms with van der Waals surface area (Å²) in [5.74, 6) is -1.09. The Bertz CT molecular complexity index is 402. The Morgan fingerprint density at radius 1 is 1.35 bits per heavy atom. The molecule has 0 fully saturated rings. The number of aliphatic carboxylic acids is 1. The van der Waals surface area contributed by atoms with Gasteiger partial charge in [0.1, 0.15) is 0 Å². The molecule has 0 spiro atoms. The molecule has 0 amide bonds. The lowest BCUT2D eigenvalue weighted by atomic mass is 10.0. The summed E-state index contributed by atoms with van der Waals surface area (Å²) >= 11 is 5.64. The van der Waals surface area contributed by atoms with Crippen molar-refractivity contribution < 1.29 is 18.7 Å². The quantitative estimate of drug-likeness (QED) is 0.893. The van der Waals surface area contributed by atoms with Gasteiger partial charge in [-0.3, -0.25) is 4.79 Å².